The first-order chi connectivity index (χ1) is 9.10. The molecule has 1 amide bonds. The molecule has 1 fully saturated rings. The van der Waals surface area contributed by atoms with Crippen molar-refractivity contribution in [1.29, 1.82) is 0 Å². The van der Waals surface area contributed by atoms with Gasteiger partial charge in [-0.2, -0.15) is 0 Å². The Labute approximate surface area is 114 Å². The Morgan fingerprint density at radius 3 is 2.47 bits per heavy atom. The van der Waals surface area contributed by atoms with E-state index in [0.717, 1.165) is 24.3 Å². The number of rotatable bonds is 6. The number of anilines is 1. The average Bonchev–Trinajstić information content (AvgIpc) is 3.24. The van der Waals surface area contributed by atoms with Gasteiger partial charge in [0.25, 0.3) is 5.91 Å². The van der Waals surface area contributed by atoms with Crippen LogP contribution in [0, 0.1) is 5.92 Å². The second kappa shape index (κ2) is 5.61. The molecule has 1 aromatic carbocycles. The monoisotopic (exact) mass is 263 g/mol. The molecule has 0 saturated heterocycles. The molecule has 4 nitrogen and oxygen atoms in total. The van der Waals surface area contributed by atoms with Crippen LogP contribution in [0.4, 0.5) is 5.69 Å². The Morgan fingerprint density at radius 1 is 1.37 bits per heavy atom. The third kappa shape index (κ3) is 3.07. The molecule has 1 aliphatic rings. The Morgan fingerprint density at radius 2 is 2.00 bits per heavy atom. The van der Waals surface area contributed by atoms with Crippen molar-refractivity contribution in [2.24, 2.45) is 5.92 Å². The molecule has 0 heterocycles. The lowest BCUT2D eigenvalue weighted by Gasteiger charge is -2.28. The Balaban J connectivity index is 2.05. The van der Waals surface area contributed by atoms with Crippen LogP contribution in [0.5, 0.6) is 5.75 Å². The molecule has 1 aromatic rings. The van der Waals surface area contributed by atoms with Gasteiger partial charge in [0.2, 0.25) is 0 Å². The predicted octanol–water partition coefficient (Wildman–Crippen LogP) is 2.84. The fourth-order valence-electron chi connectivity index (χ4n) is 2.23. The third-order valence-corrected chi connectivity index (χ3v) is 3.60. The third-order valence-electron chi connectivity index (χ3n) is 3.60. The number of nitrogens with one attached hydrogen (secondary N) is 1. The highest BCUT2D eigenvalue weighted by Crippen LogP contribution is 2.42. The van der Waals surface area contributed by atoms with Crippen LogP contribution in [0.15, 0.2) is 24.3 Å². The summed E-state index contributed by atoms with van der Waals surface area (Å²) < 4.78 is 10.8. The van der Waals surface area contributed by atoms with E-state index in [9.17, 15) is 4.79 Å². The van der Waals surface area contributed by atoms with Crippen LogP contribution in [-0.2, 0) is 9.53 Å². The van der Waals surface area contributed by atoms with E-state index >= 15 is 0 Å². The Kier molecular flexibility index (Phi) is 4.10. The summed E-state index contributed by atoms with van der Waals surface area (Å²) in [6.07, 6.45) is 2.12. The number of carbonyl (C=O) groups excluding carboxylic acids is 1. The van der Waals surface area contributed by atoms with Crippen LogP contribution >= 0.6 is 0 Å². The molecule has 1 atom stereocenters. The van der Waals surface area contributed by atoms with Gasteiger partial charge in [0.15, 0.2) is 0 Å². The first kappa shape index (κ1) is 13.9. The van der Waals surface area contributed by atoms with Crippen molar-refractivity contribution >= 4 is 11.6 Å². The standard InChI is InChI=1S/C15H21NO3/c1-4-19-15(2,11-5-6-11)14(17)16-12-7-9-13(18-3)10-8-12/h7-11H,4-6H2,1-3H3,(H,16,17). The van der Waals surface area contributed by atoms with E-state index in [4.69, 9.17) is 9.47 Å². The predicted molar refractivity (Wildman–Crippen MR) is 74.4 cm³/mol. The zero-order valence-corrected chi connectivity index (χ0v) is 11.7. The van der Waals surface area contributed by atoms with Crippen molar-refractivity contribution in [2.45, 2.75) is 32.3 Å². The fourth-order valence-corrected chi connectivity index (χ4v) is 2.23. The highest BCUT2D eigenvalue weighted by Gasteiger charge is 2.48. The van der Waals surface area contributed by atoms with Crippen molar-refractivity contribution in [1.82, 2.24) is 0 Å². The zero-order valence-electron chi connectivity index (χ0n) is 11.7. The lowest BCUT2D eigenvalue weighted by molar-refractivity contribution is -0.141. The quantitative estimate of drug-likeness (QED) is 0.858. The lowest BCUT2D eigenvalue weighted by atomic mass is 9.99. The van der Waals surface area contributed by atoms with Gasteiger partial charge in [-0.05, 0) is 56.9 Å². The first-order valence-corrected chi connectivity index (χ1v) is 6.69. The molecule has 0 bridgehead atoms. The van der Waals surface area contributed by atoms with Gasteiger partial charge in [-0.25, -0.2) is 0 Å². The minimum Gasteiger partial charge on any atom is -0.497 e. The van der Waals surface area contributed by atoms with Crippen molar-refractivity contribution in [2.75, 3.05) is 19.0 Å². The summed E-state index contributed by atoms with van der Waals surface area (Å²) in [6.45, 7) is 4.34. The van der Waals surface area contributed by atoms with E-state index in [2.05, 4.69) is 5.32 Å². The molecule has 2 rings (SSSR count). The van der Waals surface area contributed by atoms with Crippen LogP contribution in [-0.4, -0.2) is 25.2 Å². The number of hydrogen-bond acceptors (Lipinski definition) is 3. The number of methoxy groups -OCH3 is 1. The maximum absolute atomic E-state index is 12.4. The normalized spacial score (nSPS) is 17.6. The molecular weight excluding hydrogens is 242 g/mol. The van der Waals surface area contributed by atoms with Crippen molar-refractivity contribution in [3.8, 4) is 5.75 Å². The maximum Gasteiger partial charge on any atom is 0.256 e. The molecule has 1 N–H and O–H groups in total. The van der Waals surface area contributed by atoms with Crippen LogP contribution in [0.2, 0.25) is 0 Å². The van der Waals surface area contributed by atoms with Gasteiger partial charge in [0, 0.05) is 12.3 Å². The summed E-state index contributed by atoms with van der Waals surface area (Å²) in [4.78, 5) is 12.4. The van der Waals surface area contributed by atoms with Gasteiger partial charge in [-0.15, -0.1) is 0 Å². The highest BCUT2D eigenvalue weighted by molar-refractivity contribution is 5.97. The summed E-state index contributed by atoms with van der Waals surface area (Å²) in [5.74, 6) is 1.04. The molecule has 0 aliphatic heterocycles. The molecule has 1 aliphatic carbocycles. The van der Waals surface area contributed by atoms with Gasteiger partial charge < -0.3 is 14.8 Å². The van der Waals surface area contributed by atoms with E-state index in [1.165, 1.54) is 0 Å². The average molecular weight is 263 g/mol. The van der Waals surface area contributed by atoms with E-state index in [1.807, 2.05) is 38.1 Å². The van der Waals surface area contributed by atoms with Crippen LogP contribution in [0.25, 0.3) is 0 Å². The van der Waals surface area contributed by atoms with E-state index in [-0.39, 0.29) is 5.91 Å². The van der Waals surface area contributed by atoms with E-state index in [0.29, 0.717) is 12.5 Å². The Hall–Kier alpha value is -1.55. The van der Waals surface area contributed by atoms with Crippen molar-refractivity contribution in [3.05, 3.63) is 24.3 Å². The maximum atomic E-state index is 12.4. The van der Waals surface area contributed by atoms with Crippen molar-refractivity contribution < 1.29 is 14.3 Å². The Bertz CT molecular complexity index is 439. The van der Waals surface area contributed by atoms with Gasteiger partial charge >= 0.3 is 0 Å². The van der Waals surface area contributed by atoms with Gasteiger partial charge in [-0.3, -0.25) is 4.79 Å². The summed E-state index contributed by atoms with van der Waals surface area (Å²) in [5.41, 5.74) is 0.0478. The number of carbonyl (C=O) groups is 1. The largest absolute Gasteiger partial charge is 0.497 e. The minimum absolute atomic E-state index is 0.0676. The number of benzene rings is 1. The number of hydrogen-bond donors (Lipinski definition) is 1. The first-order valence-electron chi connectivity index (χ1n) is 6.69. The van der Waals surface area contributed by atoms with Crippen LogP contribution in [0.3, 0.4) is 0 Å². The second-order valence-corrected chi connectivity index (χ2v) is 5.00. The minimum atomic E-state index is -0.714. The van der Waals surface area contributed by atoms with Crippen LogP contribution < -0.4 is 10.1 Å². The molecule has 1 saturated carbocycles. The molecular formula is C15H21NO3. The molecule has 4 heteroatoms. The van der Waals surface area contributed by atoms with E-state index < -0.39 is 5.60 Å². The fraction of sp³-hybridized carbons (Fsp3) is 0.533. The summed E-state index contributed by atoms with van der Waals surface area (Å²) >= 11 is 0. The molecule has 0 spiro atoms. The topological polar surface area (TPSA) is 47.6 Å². The number of amides is 1. The van der Waals surface area contributed by atoms with Gasteiger partial charge in [-0.1, -0.05) is 0 Å². The molecule has 1 unspecified atom stereocenters. The lowest BCUT2D eigenvalue weighted by Crippen LogP contribution is -2.44. The van der Waals surface area contributed by atoms with Gasteiger partial charge in [0.1, 0.15) is 11.4 Å². The summed E-state index contributed by atoms with van der Waals surface area (Å²) in [7, 11) is 1.62. The highest BCUT2D eigenvalue weighted by atomic mass is 16.5. The van der Waals surface area contributed by atoms with E-state index in [1.54, 1.807) is 7.11 Å². The number of ether oxygens (including phenoxy) is 2. The smallest absolute Gasteiger partial charge is 0.256 e. The van der Waals surface area contributed by atoms with Gasteiger partial charge in [0.05, 0.1) is 7.11 Å². The second-order valence-electron chi connectivity index (χ2n) is 5.00. The van der Waals surface area contributed by atoms with Crippen molar-refractivity contribution in [3.63, 3.8) is 0 Å². The summed E-state index contributed by atoms with van der Waals surface area (Å²) in [6, 6.07) is 7.31. The van der Waals surface area contributed by atoms with Crippen LogP contribution in [0.1, 0.15) is 26.7 Å². The summed E-state index contributed by atoms with van der Waals surface area (Å²) in [5, 5.41) is 2.92. The SMILES string of the molecule is CCOC(C)(C(=O)Nc1ccc(OC)cc1)C1CC1. The molecule has 104 valence electrons. The molecule has 19 heavy (non-hydrogen) atoms. The molecule has 0 aromatic heterocycles. The molecule has 0 radical (unpaired) electrons. The zero-order chi connectivity index (χ0) is 13.9.